The van der Waals surface area contributed by atoms with Gasteiger partial charge >= 0.3 is 16.1 Å². The van der Waals surface area contributed by atoms with Gasteiger partial charge in [-0.15, -0.1) is 0 Å². The zero-order chi connectivity index (χ0) is 11.6. The average molecular weight is 235 g/mol. The lowest BCUT2D eigenvalue weighted by atomic mass is 10.4. The van der Waals surface area contributed by atoms with Crippen molar-refractivity contribution in [2.24, 2.45) is 0 Å². The van der Waals surface area contributed by atoms with Gasteiger partial charge in [0.25, 0.3) is 0 Å². The van der Waals surface area contributed by atoms with Crippen molar-refractivity contribution in [3.8, 4) is 0 Å². The fourth-order valence-electron chi connectivity index (χ4n) is 1.02. The highest BCUT2D eigenvalue weighted by molar-refractivity contribution is 7.86. The Morgan fingerprint density at radius 2 is 2.13 bits per heavy atom. The number of aliphatic carboxylic acids is 1. The molecule has 0 fully saturated rings. The number of aryl methyl sites for hydroxylation is 2. The van der Waals surface area contributed by atoms with Gasteiger partial charge in [0, 0.05) is 0 Å². The number of rotatable bonds is 4. The Morgan fingerprint density at radius 1 is 1.53 bits per heavy atom. The molecule has 0 amide bonds. The van der Waals surface area contributed by atoms with E-state index < -0.39 is 22.7 Å². The molecule has 0 unspecified atom stereocenters. The van der Waals surface area contributed by atoms with Crippen LogP contribution in [-0.2, 0) is 19.1 Å². The summed E-state index contributed by atoms with van der Waals surface area (Å²) in [4.78, 5) is 9.94. The summed E-state index contributed by atoms with van der Waals surface area (Å²) in [6, 6.07) is 0. The van der Waals surface area contributed by atoms with Gasteiger partial charge in [0.2, 0.25) is 0 Å². The van der Waals surface area contributed by atoms with Gasteiger partial charge in [-0.05, 0) is 13.8 Å². The molecule has 1 heterocycles. The van der Waals surface area contributed by atoms with E-state index in [0.29, 0.717) is 0 Å². The molecule has 0 aliphatic carbocycles. The first kappa shape index (κ1) is 11.7. The van der Waals surface area contributed by atoms with Crippen LogP contribution in [0.25, 0.3) is 0 Å². The molecule has 0 saturated heterocycles. The Labute approximate surface area is 85.8 Å². The number of carbonyl (C=O) groups is 1. The minimum absolute atomic E-state index is 0.0675. The van der Waals surface area contributed by atoms with Crippen molar-refractivity contribution in [1.82, 2.24) is 5.16 Å². The maximum absolute atomic E-state index is 11.5. The standard InChI is InChI=1S/C7H9NO6S/c1-4-7(5(2)14-8-4)15(11,12)13-3-6(9)10/h3H2,1-2H3,(H,9,10). The van der Waals surface area contributed by atoms with Crippen LogP contribution in [0.1, 0.15) is 11.5 Å². The van der Waals surface area contributed by atoms with Gasteiger partial charge in [0.1, 0.15) is 5.69 Å². The van der Waals surface area contributed by atoms with Crippen LogP contribution < -0.4 is 0 Å². The van der Waals surface area contributed by atoms with Crippen molar-refractivity contribution in [2.75, 3.05) is 6.61 Å². The molecular formula is C7H9NO6S. The first-order chi connectivity index (χ1) is 6.84. The molecule has 0 aliphatic rings. The fourth-order valence-corrected chi connectivity index (χ4v) is 2.18. The molecule has 84 valence electrons. The first-order valence-corrected chi connectivity index (χ1v) is 5.29. The maximum atomic E-state index is 11.5. The van der Waals surface area contributed by atoms with E-state index in [-0.39, 0.29) is 16.3 Å². The summed E-state index contributed by atoms with van der Waals surface area (Å²) >= 11 is 0. The molecule has 8 heteroatoms. The molecule has 0 bridgehead atoms. The highest BCUT2D eigenvalue weighted by Gasteiger charge is 2.25. The molecule has 15 heavy (non-hydrogen) atoms. The van der Waals surface area contributed by atoms with Crippen LogP contribution >= 0.6 is 0 Å². The molecule has 0 atom stereocenters. The van der Waals surface area contributed by atoms with E-state index in [4.69, 9.17) is 5.11 Å². The van der Waals surface area contributed by atoms with Crippen LogP contribution in [0.2, 0.25) is 0 Å². The summed E-state index contributed by atoms with van der Waals surface area (Å²) in [6.45, 7) is 1.90. The quantitative estimate of drug-likeness (QED) is 0.736. The van der Waals surface area contributed by atoms with Gasteiger partial charge in [-0.25, -0.2) is 4.79 Å². The van der Waals surface area contributed by atoms with E-state index in [1.54, 1.807) is 0 Å². The molecule has 0 saturated carbocycles. The van der Waals surface area contributed by atoms with E-state index in [0.717, 1.165) is 0 Å². The van der Waals surface area contributed by atoms with E-state index in [2.05, 4.69) is 13.9 Å². The number of hydrogen-bond donors (Lipinski definition) is 1. The number of carboxylic acids is 1. The normalized spacial score (nSPS) is 11.6. The highest BCUT2D eigenvalue weighted by Crippen LogP contribution is 2.20. The molecule has 1 aromatic heterocycles. The minimum Gasteiger partial charge on any atom is -0.479 e. The van der Waals surface area contributed by atoms with Crippen LogP contribution in [0.4, 0.5) is 0 Å². The Balaban J connectivity index is 3.01. The van der Waals surface area contributed by atoms with Crippen LogP contribution in [0, 0.1) is 13.8 Å². The maximum Gasteiger partial charge on any atom is 0.331 e. The molecule has 1 N–H and O–H groups in total. The lowest BCUT2D eigenvalue weighted by Gasteiger charge is -2.01. The minimum atomic E-state index is -4.11. The molecule has 7 nitrogen and oxygen atoms in total. The van der Waals surface area contributed by atoms with Crippen molar-refractivity contribution in [2.45, 2.75) is 18.7 Å². The zero-order valence-electron chi connectivity index (χ0n) is 8.05. The number of nitrogens with zero attached hydrogens (tertiary/aromatic N) is 1. The fraction of sp³-hybridized carbons (Fsp3) is 0.429. The van der Waals surface area contributed by atoms with Gasteiger partial charge in [0.15, 0.2) is 17.3 Å². The Bertz CT molecular complexity index is 454. The van der Waals surface area contributed by atoms with E-state index in [1.807, 2.05) is 0 Å². The molecule has 1 aromatic rings. The summed E-state index contributed by atoms with van der Waals surface area (Å²) in [7, 11) is -4.11. The van der Waals surface area contributed by atoms with E-state index in [1.165, 1.54) is 13.8 Å². The molecule has 1 rings (SSSR count). The zero-order valence-corrected chi connectivity index (χ0v) is 8.87. The second-order valence-electron chi connectivity index (χ2n) is 2.76. The summed E-state index contributed by atoms with van der Waals surface area (Å²) < 4.78 is 31.8. The first-order valence-electron chi connectivity index (χ1n) is 3.88. The smallest absolute Gasteiger partial charge is 0.331 e. The van der Waals surface area contributed by atoms with Crippen LogP contribution in [0.5, 0.6) is 0 Å². The summed E-state index contributed by atoms with van der Waals surface area (Å²) in [5.41, 5.74) is 0.137. The summed E-state index contributed by atoms with van der Waals surface area (Å²) in [5, 5.41) is 11.7. The predicted molar refractivity (Wildman–Crippen MR) is 46.8 cm³/mol. The van der Waals surface area contributed by atoms with Crippen LogP contribution in [0.15, 0.2) is 9.42 Å². The molecular weight excluding hydrogens is 226 g/mol. The number of carboxylic acid groups (broad SMARTS) is 1. The Kier molecular flexibility index (Phi) is 3.10. The SMILES string of the molecule is Cc1noc(C)c1S(=O)(=O)OCC(=O)O. The lowest BCUT2D eigenvalue weighted by molar-refractivity contribution is -0.139. The van der Waals surface area contributed by atoms with Gasteiger partial charge < -0.3 is 9.63 Å². The Hall–Kier alpha value is -1.41. The third-order valence-electron chi connectivity index (χ3n) is 1.56. The third kappa shape index (κ3) is 2.54. The number of hydrogen-bond acceptors (Lipinski definition) is 6. The van der Waals surface area contributed by atoms with Crippen molar-refractivity contribution in [1.29, 1.82) is 0 Å². The second-order valence-corrected chi connectivity index (χ2v) is 4.32. The predicted octanol–water partition coefficient (Wildman–Crippen LogP) is 0.0813. The van der Waals surface area contributed by atoms with E-state index in [9.17, 15) is 13.2 Å². The third-order valence-corrected chi connectivity index (χ3v) is 3.07. The van der Waals surface area contributed by atoms with Crippen LogP contribution in [-0.4, -0.2) is 31.3 Å². The van der Waals surface area contributed by atoms with E-state index >= 15 is 0 Å². The Morgan fingerprint density at radius 3 is 2.53 bits per heavy atom. The second kappa shape index (κ2) is 3.99. The van der Waals surface area contributed by atoms with Crippen molar-refractivity contribution >= 4 is 16.1 Å². The lowest BCUT2D eigenvalue weighted by Crippen LogP contribution is -2.14. The van der Waals surface area contributed by atoms with Gasteiger partial charge in [-0.3, -0.25) is 4.18 Å². The summed E-state index contributed by atoms with van der Waals surface area (Å²) in [6.07, 6.45) is 0. The molecule has 0 spiro atoms. The summed E-state index contributed by atoms with van der Waals surface area (Å²) in [5.74, 6) is -1.30. The molecule has 0 radical (unpaired) electrons. The monoisotopic (exact) mass is 235 g/mol. The van der Waals surface area contributed by atoms with Gasteiger partial charge in [0.05, 0.1) is 0 Å². The highest BCUT2D eigenvalue weighted by atomic mass is 32.2. The molecule has 0 aliphatic heterocycles. The topological polar surface area (TPSA) is 107 Å². The van der Waals surface area contributed by atoms with Gasteiger partial charge in [-0.2, -0.15) is 8.42 Å². The largest absolute Gasteiger partial charge is 0.479 e. The van der Waals surface area contributed by atoms with Crippen molar-refractivity contribution in [3.63, 3.8) is 0 Å². The van der Waals surface area contributed by atoms with Crippen molar-refractivity contribution in [3.05, 3.63) is 11.5 Å². The molecule has 0 aromatic carbocycles. The van der Waals surface area contributed by atoms with Crippen molar-refractivity contribution < 1.29 is 27.0 Å². The number of aromatic nitrogens is 1. The van der Waals surface area contributed by atoms with Crippen LogP contribution in [0.3, 0.4) is 0 Å². The van der Waals surface area contributed by atoms with Gasteiger partial charge in [-0.1, -0.05) is 5.16 Å². The average Bonchev–Trinajstić information content (AvgIpc) is 2.43.